The van der Waals surface area contributed by atoms with E-state index in [2.05, 4.69) is 15.2 Å². The number of pyridine rings is 1. The van der Waals surface area contributed by atoms with E-state index in [0.717, 1.165) is 16.6 Å². The summed E-state index contributed by atoms with van der Waals surface area (Å²) in [4.78, 5) is 30.0. The van der Waals surface area contributed by atoms with Crippen LogP contribution in [0.25, 0.3) is 10.8 Å². The van der Waals surface area contributed by atoms with Crippen molar-refractivity contribution in [3.63, 3.8) is 0 Å². The van der Waals surface area contributed by atoms with Gasteiger partial charge in [-0.2, -0.15) is 0 Å². The van der Waals surface area contributed by atoms with Crippen LogP contribution in [0.3, 0.4) is 0 Å². The lowest BCUT2D eigenvalue weighted by Crippen LogP contribution is -2.41. The first kappa shape index (κ1) is 17.4. The summed E-state index contributed by atoms with van der Waals surface area (Å²) in [5, 5.41) is 4.56. The minimum atomic E-state index is -0.536. The highest BCUT2D eigenvalue weighted by atomic mass is 16.6. The maximum atomic E-state index is 11.9. The summed E-state index contributed by atoms with van der Waals surface area (Å²) in [6.07, 6.45) is 1.02. The topological polar surface area (TPSA) is 107 Å². The Hall–Kier alpha value is -3.03. The number of rotatable bonds is 4. The molecule has 2 aromatic rings. The van der Waals surface area contributed by atoms with Crippen LogP contribution < -0.4 is 20.7 Å². The van der Waals surface area contributed by atoms with Gasteiger partial charge >= 0.3 is 6.09 Å². The van der Waals surface area contributed by atoms with Crippen molar-refractivity contribution in [3.8, 4) is 5.75 Å². The molecule has 3 N–H and O–H groups in total. The molecule has 3 heterocycles. The van der Waals surface area contributed by atoms with Crippen molar-refractivity contribution in [2.24, 2.45) is 5.73 Å². The first-order valence-electron chi connectivity index (χ1n) is 8.98. The van der Waals surface area contributed by atoms with E-state index < -0.39 is 5.91 Å². The molecule has 2 aliphatic rings. The lowest BCUT2D eigenvalue weighted by atomic mass is 10.1. The normalized spacial score (nSPS) is 24.1. The molecule has 1 aromatic heterocycles. The Balaban J connectivity index is 1.80. The molecule has 3 unspecified atom stereocenters. The molecule has 8 heteroatoms. The summed E-state index contributed by atoms with van der Waals surface area (Å²) >= 11 is 0. The fourth-order valence-corrected chi connectivity index (χ4v) is 3.85. The highest BCUT2D eigenvalue weighted by Gasteiger charge is 2.47. The van der Waals surface area contributed by atoms with Crippen LogP contribution in [0.2, 0.25) is 0 Å². The molecule has 2 saturated heterocycles. The summed E-state index contributed by atoms with van der Waals surface area (Å²) < 4.78 is 11.2. The second-order valence-electron chi connectivity index (χ2n) is 7.24. The summed E-state index contributed by atoms with van der Waals surface area (Å²) in [5.74, 6) is 0.666. The van der Waals surface area contributed by atoms with Gasteiger partial charge in [-0.15, -0.1) is 0 Å². The van der Waals surface area contributed by atoms with E-state index in [-0.39, 0.29) is 30.4 Å². The third kappa shape index (κ3) is 2.90. The number of ether oxygens (including phenoxy) is 2. The average Bonchev–Trinajstić information content (AvgIpc) is 3.10. The number of nitrogens with one attached hydrogen (secondary N) is 1. The Kier molecular flexibility index (Phi) is 4.05. The molecular weight excluding hydrogens is 348 g/mol. The van der Waals surface area contributed by atoms with Crippen LogP contribution in [-0.2, 0) is 4.74 Å². The van der Waals surface area contributed by atoms with E-state index in [1.54, 1.807) is 12.3 Å². The lowest BCUT2D eigenvalue weighted by Gasteiger charge is -2.26. The largest absolute Gasteiger partial charge is 0.490 e. The molecule has 0 bridgehead atoms. The van der Waals surface area contributed by atoms with Crippen molar-refractivity contribution >= 4 is 28.6 Å². The van der Waals surface area contributed by atoms with Gasteiger partial charge < -0.3 is 25.4 Å². The predicted molar refractivity (Wildman–Crippen MR) is 100 cm³/mol. The van der Waals surface area contributed by atoms with E-state index in [1.165, 1.54) is 0 Å². The van der Waals surface area contributed by atoms with Gasteiger partial charge in [-0.25, -0.2) is 9.78 Å². The van der Waals surface area contributed by atoms with Crippen LogP contribution in [0.1, 0.15) is 31.1 Å². The Morgan fingerprint density at radius 1 is 1.44 bits per heavy atom. The minimum Gasteiger partial charge on any atom is -0.490 e. The molecule has 1 aromatic carbocycles. The van der Waals surface area contributed by atoms with Crippen molar-refractivity contribution in [1.82, 2.24) is 10.3 Å². The number of alkyl carbamates (subject to hydrolysis) is 1. The molecule has 8 nitrogen and oxygen atoms in total. The number of aromatic nitrogens is 1. The highest BCUT2D eigenvalue weighted by molar-refractivity contribution is 6.03. The monoisotopic (exact) mass is 370 g/mol. The Bertz CT molecular complexity index is 929. The Morgan fingerprint density at radius 3 is 2.89 bits per heavy atom. The minimum absolute atomic E-state index is 0.0184. The van der Waals surface area contributed by atoms with Gasteiger partial charge in [0.05, 0.1) is 30.3 Å². The zero-order valence-corrected chi connectivity index (χ0v) is 15.4. The summed E-state index contributed by atoms with van der Waals surface area (Å²) in [6.45, 7) is 6.36. The third-order valence-electron chi connectivity index (χ3n) is 5.08. The fourth-order valence-electron chi connectivity index (χ4n) is 3.85. The number of nitrogens with two attached hydrogens (primary N) is 1. The zero-order valence-electron chi connectivity index (χ0n) is 15.4. The maximum absolute atomic E-state index is 11.9. The van der Waals surface area contributed by atoms with Crippen molar-refractivity contribution < 1.29 is 19.1 Å². The van der Waals surface area contributed by atoms with Crippen LogP contribution in [0.15, 0.2) is 24.4 Å². The second-order valence-corrected chi connectivity index (χ2v) is 7.24. The summed E-state index contributed by atoms with van der Waals surface area (Å²) in [5.41, 5.74) is 5.88. The molecular formula is C19H22N4O4. The Labute approximate surface area is 156 Å². The number of benzene rings is 1. The van der Waals surface area contributed by atoms with Crippen LogP contribution in [0.5, 0.6) is 5.75 Å². The predicted octanol–water partition coefficient (Wildman–Crippen LogP) is 1.81. The van der Waals surface area contributed by atoms with Crippen LogP contribution in [0.4, 0.5) is 10.6 Å². The van der Waals surface area contributed by atoms with Crippen molar-refractivity contribution in [2.75, 3.05) is 11.4 Å². The second kappa shape index (κ2) is 6.29. The van der Waals surface area contributed by atoms with Crippen molar-refractivity contribution in [1.29, 1.82) is 0 Å². The lowest BCUT2D eigenvalue weighted by molar-refractivity contribution is 0.0994. The quantitative estimate of drug-likeness (QED) is 0.850. The number of nitrogens with zero attached hydrogens (tertiary/aromatic N) is 2. The first-order chi connectivity index (χ1) is 12.8. The molecule has 2 amide bonds. The van der Waals surface area contributed by atoms with E-state index in [0.29, 0.717) is 17.9 Å². The van der Waals surface area contributed by atoms with Gasteiger partial charge in [0.15, 0.2) is 0 Å². The molecule has 4 rings (SSSR count). The van der Waals surface area contributed by atoms with Crippen molar-refractivity contribution in [3.05, 3.63) is 30.0 Å². The standard InChI is InChI=1S/C19H22N4O4/c1-9(2)26-14-7-12-11(6-13(14)17(20)24)4-5-21-18(12)23-8-15-16(10(23)3)22-19(25)27-15/h4-7,9-10,15-16H,8H2,1-3H3,(H2,20,24)(H,22,25). The Morgan fingerprint density at radius 2 is 2.22 bits per heavy atom. The van der Waals surface area contributed by atoms with E-state index >= 15 is 0 Å². The number of carbonyl (C=O) groups is 2. The number of anilines is 1. The van der Waals surface area contributed by atoms with Gasteiger partial charge in [-0.1, -0.05) is 0 Å². The van der Waals surface area contributed by atoms with E-state index in [1.807, 2.05) is 32.9 Å². The molecule has 2 aliphatic heterocycles. The van der Waals surface area contributed by atoms with Gasteiger partial charge in [0.25, 0.3) is 5.91 Å². The smallest absolute Gasteiger partial charge is 0.407 e. The maximum Gasteiger partial charge on any atom is 0.407 e. The summed E-state index contributed by atoms with van der Waals surface area (Å²) in [7, 11) is 0. The van der Waals surface area contributed by atoms with Gasteiger partial charge in [-0.3, -0.25) is 4.79 Å². The zero-order chi connectivity index (χ0) is 19.3. The van der Waals surface area contributed by atoms with Gasteiger partial charge in [-0.05, 0) is 44.4 Å². The number of hydrogen-bond donors (Lipinski definition) is 2. The van der Waals surface area contributed by atoms with Crippen LogP contribution in [0, 0.1) is 0 Å². The number of carbonyl (C=O) groups excluding carboxylic acids is 2. The third-order valence-corrected chi connectivity index (χ3v) is 5.08. The molecule has 0 saturated carbocycles. The van der Waals surface area contributed by atoms with E-state index in [9.17, 15) is 9.59 Å². The number of amides is 2. The number of fused-ring (bicyclic) bond motifs is 2. The first-order valence-corrected chi connectivity index (χ1v) is 8.98. The molecule has 0 spiro atoms. The molecule has 0 radical (unpaired) electrons. The fraction of sp³-hybridized carbons (Fsp3) is 0.421. The van der Waals surface area contributed by atoms with Gasteiger partial charge in [0.1, 0.15) is 17.7 Å². The van der Waals surface area contributed by atoms with Crippen LogP contribution >= 0.6 is 0 Å². The number of hydrogen-bond acceptors (Lipinski definition) is 6. The number of primary amides is 1. The highest BCUT2D eigenvalue weighted by Crippen LogP contribution is 2.36. The molecule has 3 atom stereocenters. The molecule has 27 heavy (non-hydrogen) atoms. The molecule has 2 fully saturated rings. The molecule has 0 aliphatic carbocycles. The van der Waals surface area contributed by atoms with E-state index in [4.69, 9.17) is 15.2 Å². The van der Waals surface area contributed by atoms with Crippen molar-refractivity contribution in [2.45, 2.75) is 45.1 Å². The molecule has 142 valence electrons. The van der Waals surface area contributed by atoms with Gasteiger partial charge in [0.2, 0.25) is 0 Å². The summed E-state index contributed by atoms with van der Waals surface area (Å²) in [6, 6.07) is 5.33. The average molecular weight is 370 g/mol. The SMILES string of the molecule is CC(C)Oc1cc2c(N3CC4OC(=O)NC4C3C)nccc2cc1C(N)=O. The van der Waals surface area contributed by atoms with Gasteiger partial charge in [0, 0.05) is 11.6 Å². The van der Waals surface area contributed by atoms with Crippen LogP contribution in [-0.4, -0.2) is 47.8 Å².